The monoisotopic (exact) mass is 401 g/mol. The van der Waals surface area contributed by atoms with E-state index in [9.17, 15) is 0 Å². The number of aliphatic imine (C=N–C) groups is 1. The molecule has 31 heavy (non-hydrogen) atoms. The van der Waals surface area contributed by atoms with Crippen molar-refractivity contribution in [1.29, 1.82) is 0 Å². The van der Waals surface area contributed by atoms with Crippen molar-refractivity contribution in [3.63, 3.8) is 0 Å². The summed E-state index contributed by atoms with van der Waals surface area (Å²) in [5.74, 6) is 1.78. The molecule has 0 aromatic heterocycles. The molecule has 2 heteroatoms. The quantitative estimate of drug-likeness (QED) is 0.328. The van der Waals surface area contributed by atoms with Crippen molar-refractivity contribution >= 4 is 17.7 Å². The van der Waals surface area contributed by atoms with Gasteiger partial charge in [-0.3, -0.25) is 4.99 Å². The van der Waals surface area contributed by atoms with Gasteiger partial charge in [0.05, 0.1) is 5.69 Å². The number of nitrogens with zero attached hydrogens (tertiary/aromatic N) is 1. The summed E-state index contributed by atoms with van der Waals surface area (Å²) >= 11 is 0. The second-order valence-electron chi connectivity index (χ2n) is 7.67. The Morgan fingerprint density at radius 3 is 2.03 bits per heavy atom. The molecule has 4 aromatic carbocycles. The number of benzene rings is 4. The lowest BCUT2D eigenvalue weighted by Gasteiger charge is -2.30. The summed E-state index contributed by atoms with van der Waals surface area (Å²) in [6.07, 6.45) is 1.98. The lowest BCUT2D eigenvalue weighted by atomic mass is 9.80. The van der Waals surface area contributed by atoms with Crippen molar-refractivity contribution in [3.05, 3.63) is 137 Å². The molecule has 0 amide bonds. The van der Waals surface area contributed by atoms with Crippen molar-refractivity contribution in [2.45, 2.75) is 12.8 Å². The second-order valence-corrected chi connectivity index (χ2v) is 7.67. The predicted molar refractivity (Wildman–Crippen MR) is 128 cm³/mol. The SMILES string of the molecule is Cc1ccccc1C1C(C=Nc2ccccc2)=C(c2ccccc2)Oc2ccccc21. The lowest BCUT2D eigenvalue weighted by Crippen LogP contribution is -2.18. The van der Waals surface area contributed by atoms with Gasteiger partial charge in [0, 0.05) is 28.8 Å². The Morgan fingerprint density at radius 1 is 0.677 bits per heavy atom. The molecule has 4 aromatic rings. The minimum atomic E-state index is 0.0359. The van der Waals surface area contributed by atoms with Crippen molar-refractivity contribution < 1.29 is 4.74 Å². The first-order valence-corrected chi connectivity index (χ1v) is 10.5. The fraction of sp³-hybridized carbons (Fsp3) is 0.0690. The molecule has 0 N–H and O–H groups in total. The Kier molecular flexibility index (Phi) is 5.20. The maximum Gasteiger partial charge on any atom is 0.140 e. The molecule has 0 saturated heterocycles. The average molecular weight is 402 g/mol. The van der Waals surface area contributed by atoms with Gasteiger partial charge in [-0.1, -0.05) is 91.0 Å². The molecule has 0 fully saturated rings. The molecule has 0 aliphatic carbocycles. The van der Waals surface area contributed by atoms with Gasteiger partial charge in [0.1, 0.15) is 11.5 Å². The first-order valence-electron chi connectivity index (χ1n) is 10.5. The highest BCUT2D eigenvalue weighted by atomic mass is 16.5. The summed E-state index contributed by atoms with van der Waals surface area (Å²) < 4.78 is 6.50. The highest BCUT2D eigenvalue weighted by Gasteiger charge is 2.31. The van der Waals surface area contributed by atoms with Gasteiger partial charge >= 0.3 is 0 Å². The van der Waals surface area contributed by atoms with Crippen LogP contribution in [-0.2, 0) is 0 Å². The molecule has 2 nitrogen and oxygen atoms in total. The van der Waals surface area contributed by atoms with Crippen LogP contribution in [0.4, 0.5) is 5.69 Å². The van der Waals surface area contributed by atoms with Crippen LogP contribution in [-0.4, -0.2) is 6.21 Å². The first kappa shape index (κ1) is 19.1. The number of rotatable bonds is 4. The lowest BCUT2D eigenvalue weighted by molar-refractivity contribution is 0.489. The van der Waals surface area contributed by atoms with Crippen molar-refractivity contribution in [3.8, 4) is 5.75 Å². The van der Waals surface area contributed by atoms with Gasteiger partial charge in [0.2, 0.25) is 0 Å². The van der Waals surface area contributed by atoms with Crippen LogP contribution in [0.3, 0.4) is 0 Å². The van der Waals surface area contributed by atoms with Gasteiger partial charge in [0.25, 0.3) is 0 Å². The Hall–Kier alpha value is -3.91. The largest absolute Gasteiger partial charge is 0.456 e. The third-order valence-corrected chi connectivity index (χ3v) is 5.66. The van der Waals surface area contributed by atoms with E-state index in [1.165, 1.54) is 11.1 Å². The van der Waals surface area contributed by atoms with Crippen LogP contribution < -0.4 is 4.74 Å². The molecular formula is C29H23NO. The molecule has 0 radical (unpaired) electrons. The second kappa shape index (κ2) is 8.45. The summed E-state index contributed by atoms with van der Waals surface area (Å²) in [6.45, 7) is 2.17. The van der Waals surface area contributed by atoms with Gasteiger partial charge in [-0.2, -0.15) is 0 Å². The van der Waals surface area contributed by atoms with Gasteiger partial charge in [-0.15, -0.1) is 0 Å². The number of hydrogen-bond donors (Lipinski definition) is 0. The Labute approximate surface area is 183 Å². The Bertz CT molecular complexity index is 1260. The highest BCUT2D eigenvalue weighted by molar-refractivity contribution is 5.95. The zero-order valence-corrected chi connectivity index (χ0v) is 17.4. The summed E-state index contributed by atoms with van der Waals surface area (Å²) in [6, 6.07) is 37.2. The zero-order chi connectivity index (χ0) is 21.0. The topological polar surface area (TPSA) is 21.6 Å². The van der Waals surface area contributed by atoms with Crippen LogP contribution in [0.15, 0.2) is 120 Å². The molecule has 1 heterocycles. The van der Waals surface area contributed by atoms with Crippen molar-refractivity contribution in [2.75, 3.05) is 0 Å². The van der Waals surface area contributed by atoms with Gasteiger partial charge in [-0.05, 0) is 36.2 Å². The molecule has 0 spiro atoms. The van der Waals surface area contributed by atoms with E-state index in [0.717, 1.165) is 33.9 Å². The Morgan fingerprint density at radius 2 is 1.29 bits per heavy atom. The molecule has 1 atom stereocenters. The smallest absolute Gasteiger partial charge is 0.140 e. The number of allylic oxidation sites excluding steroid dienone is 1. The minimum absolute atomic E-state index is 0.0359. The number of fused-ring (bicyclic) bond motifs is 1. The summed E-state index contributed by atoms with van der Waals surface area (Å²) in [5.41, 5.74) is 6.70. The van der Waals surface area contributed by atoms with Crippen LogP contribution in [0.2, 0.25) is 0 Å². The summed E-state index contributed by atoms with van der Waals surface area (Å²) in [5, 5.41) is 0. The van der Waals surface area contributed by atoms with E-state index in [4.69, 9.17) is 9.73 Å². The van der Waals surface area contributed by atoms with E-state index < -0.39 is 0 Å². The summed E-state index contributed by atoms with van der Waals surface area (Å²) in [7, 11) is 0. The fourth-order valence-corrected chi connectivity index (χ4v) is 4.13. The zero-order valence-electron chi connectivity index (χ0n) is 17.4. The normalized spacial score (nSPS) is 15.6. The maximum absolute atomic E-state index is 6.50. The molecule has 0 bridgehead atoms. The molecule has 5 rings (SSSR count). The molecule has 0 saturated carbocycles. The first-order chi connectivity index (χ1) is 15.3. The Balaban J connectivity index is 1.76. The van der Waals surface area contributed by atoms with Crippen molar-refractivity contribution in [2.24, 2.45) is 4.99 Å². The van der Waals surface area contributed by atoms with E-state index in [-0.39, 0.29) is 5.92 Å². The molecule has 1 unspecified atom stereocenters. The third kappa shape index (κ3) is 3.80. The number of hydrogen-bond acceptors (Lipinski definition) is 2. The van der Waals surface area contributed by atoms with Gasteiger partial charge in [0.15, 0.2) is 0 Å². The van der Waals surface area contributed by atoms with Gasteiger partial charge in [-0.25, -0.2) is 0 Å². The van der Waals surface area contributed by atoms with E-state index >= 15 is 0 Å². The van der Waals surface area contributed by atoms with E-state index in [2.05, 4.69) is 61.5 Å². The predicted octanol–water partition coefficient (Wildman–Crippen LogP) is 7.33. The fourth-order valence-electron chi connectivity index (χ4n) is 4.13. The van der Waals surface area contributed by atoms with E-state index in [0.29, 0.717) is 0 Å². The number of aryl methyl sites for hydroxylation is 1. The van der Waals surface area contributed by atoms with Crippen LogP contribution in [0, 0.1) is 6.92 Å². The van der Waals surface area contributed by atoms with Crippen LogP contribution in [0.25, 0.3) is 5.76 Å². The van der Waals surface area contributed by atoms with Gasteiger partial charge < -0.3 is 4.74 Å². The van der Waals surface area contributed by atoms with Crippen LogP contribution >= 0.6 is 0 Å². The number of ether oxygens (including phenoxy) is 1. The molecular weight excluding hydrogens is 378 g/mol. The standard InChI is InChI=1S/C29H23NO/c1-21-12-8-9-17-24(21)28-25-18-10-11-19-27(25)31-29(22-13-4-2-5-14-22)26(28)20-30-23-15-6-3-7-16-23/h2-20,28H,1H3. The van der Waals surface area contributed by atoms with Crippen LogP contribution in [0.5, 0.6) is 5.75 Å². The van der Waals surface area contributed by atoms with E-state index in [1.54, 1.807) is 0 Å². The summed E-state index contributed by atoms with van der Waals surface area (Å²) in [4.78, 5) is 4.82. The maximum atomic E-state index is 6.50. The average Bonchev–Trinajstić information content (AvgIpc) is 2.83. The van der Waals surface area contributed by atoms with E-state index in [1.807, 2.05) is 60.8 Å². The molecule has 150 valence electrons. The minimum Gasteiger partial charge on any atom is -0.456 e. The van der Waals surface area contributed by atoms with Crippen LogP contribution in [0.1, 0.15) is 28.2 Å². The number of para-hydroxylation sites is 2. The highest BCUT2D eigenvalue weighted by Crippen LogP contribution is 2.45. The van der Waals surface area contributed by atoms with Crippen molar-refractivity contribution in [1.82, 2.24) is 0 Å². The third-order valence-electron chi connectivity index (χ3n) is 5.66. The molecule has 1 aliphatic heterocycles. The molecule has 1 aliphatic rings.